The van der Waals surface area contributed by atoms with Gasteiger partial charge >= 0.3 is 0 Å². The van der Waals surface area contributed by atoms with Gasteiger partial charge in [-0.1, -0.05) is 18.2 Å². The van der Waals surface area contributed by atoms with Gasteiger partial charge in [0.2, 0.25) is 5.91 Å². The molecule has 106 valence electrons. The first kappa shape index (κ1) is 13.2. The topological polar surface area (TPSA) is 45.3 Å². The number of nitrogens with one attached hydrogen (secondary N) is 1. The normalized spacial score (nSPS) is 16.8. The molecule has 20 heavy (non-hydrogen) atoms. The number of aromatic nitrogens is 1. The zero-order valence-corrected chi connectivity index (χ0v) is 11.8. The number of piperidine rings is 1. The molecular weight excluding hydrogens is 252 g/mol. The Labute approximate surface area is 118 Å². The Kier molecular flexibility index (Phi) is 3.74. The van der Waals surface area contributed by atoms with Gasteiger partial charge in [-0.3, -0.25) is 4.79 Å². The Bertz CT molecular complexity index is 597. The lowest BCUT2D eigenvalue weighted by Crippen LogP contribution is -2.39. The summed E-state index contributed by atoms with van der Waals surface area (Å²) < 4.78 is 4.92. The fourth-order valence-corrected chi connectivity index (χ4v) is 3.09. The molecule has 1 N–H and O–H groups in total. The molecule has 2 aromatic rings. The van der Waals surface area contributed by atoms with Crippen molar-refractivity contribution in [3.05, 3.63) is 36.0 Å². The number of carbonyl (C=O) groups is 1. The third-order valence-electron chi connectivity index (χ3n) is 4.18. The molecule has 1 aromatic carbocycles. The number of likely N-dealkylation sites (tertiary alicyclic amines) is 1. The molecule has 1 aromatic heterocycles. The molecule has 4 heteroatoms. The fraction of sp³-hybridized carbons (Fsp3) is 0.438. The van der Waals surface area contributed by atoms with Crippen LogP contribution < -0.4 is 0 Å². The number of fused-ring (bicyclic) bond motifs is 1. The minimum atomic E-state index is 0.102. The lowest BCUT2D eigenvalue weighted by molar-refractivity contribution is -0.136. The molecule has 3 rings (SSSR count). The van der Waals surface area contributed by atoms with Crippen molar-refractivity contribution in [2.45, 2.75) is 18.8 Å². The van der Waals surface area contributed by atoms with Crippen LogP contribution in [-0.4, -0.2) is 42.6 Å². The van der Waals surface area contributed by atoms with Crippen molar-refractivity contribution in [2.75, 3.05) is 26.8 Å². The van der Waals surface area contributed by atoms with Gasteiger partial charge in [0, 0.05) is 37.3 Å². The summed E-state index contributed by atoms with van der Waals surface area (Å²) in [7, 11) is 1.57. The van der Waals surface area contributed by atoms with Crippen LogP contribution in [0.2, 0.25) is 0 Å². The van der Waals surface area contributed by atoms with Gasteiger partial charge in [-0.05, 0) is 30.4 Å². The van der Waals surface area contributed by atoms with Crippen molar-refractivity contribution in [1.29, 1.82) is 0 Å². The second kappa shape index (κ2) is 5.67. The van der Waals surface area contributed by atoms with Crippen LogP contribution in [0.25, 0.3) is 10.9 Å². The third kappa shape index (κ3) is 2.43. The van der Waals surface area contributed by atoms with Gasteiger partial charge in [0.1, 0.15) is 6.61 Å². The van der Waals surface area contributed by atoms with E-state index in [0.717, 1.165) is 25.9 Å². The number of ether oxygens (including phenoxy) is 1. The molecule has 0 spiro atoms. The van der Waals surface area contributed by atoms with Crippen molar-refractivity contribution >= 4 is 16.8 Å². The predicted octanol–water partition coefficient (Wildman–Crippen LogP) is 2.52. The quantitative estimate of drug-likeness (QED) is 0.933. The molecule has 4 nitrogen and oxygen atoms in total. The summed E-state index contributed by atoms with van der Waals surface area (Å²) >= 11 is 0. The zero-order valence-electron chi connectivity index (χ0n) is 11.8. The summed E-state index contributed by atoms with van der Waals surface area (Å²) in [6, 6.07) is 8.41. The van der Waals surface area contributed by atoms with E-state index in [1.54, 1.807) is 7.11 Å². The molecule has 2 heterocycles. The van der Waals surface area contributed by atoms with Crippen molar-refractivity contribution in [1.82, 2.24) is 9.88 Å². The Morgan fingerprint density at radius 2 is 2.10 bits per heavy atom. The highest BCUT2D eigenvalue weighted by Crippen LogP contribution is 2.32. The first-order chi connectivity index (χ1) is 9.79. The predicted molar refractivity (Wildman–Crippen MR) is 78.7 cm³/mol. The summed E-state index contributed by atoms with van der Waals surface area (Å²) in [6.07, 6.45) is 4.18. The van der Waals surface area contributed by atoms with E-state index in [-0.39, 0.29) is 12.5 Å². The van der Waals surface area contributed by atoms with E-state index in [2.05, 4.69) is 35.4 Å². The highest BCUT2D eigenvalue weighted by molar-refractivity contribution is 5.83. The Morgan fingerprint density at radius 1 is 1.35 bits per heavy atom. The Hall–Kier alpha value is -1.81. The molecular formula is C16H20N2O2. The number of hydrogen-bond acceptors (Lipinski definition) is 2. The molecule has 1 aliphatic heterocycles. The van der Waals surface area contributed by atoms with Crippen molar-refractivity contribution in [3.63, 3.8) is 0 Å². The molecule has 0 radical (unpaired) electrons. The number of aromatic amines is 1. The molecule has 0 unspecified atom stereocenters. The van der Waals surface area contributed by atoms with E-state index in [9.17, 15) is 4.79 Å². The second-order valence-corrected chi connectivity index (χ2v) is 5.38. The van der Waals surface area contributed by atoms with Gasteiger partial charge in [0.25, 0.3) is 0 Å². The van der Waals surface area contributed by atoms with E-state index < -0.39 is 0 Å². The highest BCUT2D eigenvalue weighted by Gasteiger charge is 2.25. The van der Waals surface area contributed by atoms with Crippen LogP contribution in [0, 0.1) is 0 Å². The molecule has 1 saturated heterocycles. The van der Waals surface area contributed by atoms with E-state index in [1.165, 1.54) is 16.5 Å². The maximum Gasteiger partial charge on any atom is 0.248 e. The fourth-order valence-electron chi connectivity index (χ4n) is 3.09. The molecule has 0 saturated carbocycles. The van der Waals surface area contributed by atoms with Gasteiger partial charge in [-0.15, -0.1) is 0 Å². The summed E-state index contributed by atoms with van der Waals surface area (Å²) in [4.78, 5) is 17.0. The smallest absolute Gasteiger partial charge is 0.248 e. The number of para-hydroxylation sites is 1. The number of hydrogen-bond donors (Lipinski definition) is 1. The zero-order chi connectivity index (χ0) is 13.9. The first-order valence-electron chi connectivity index (χ1n) is 7.12. The van der Waals surface area contributed by atoms with E-state index in [1.807, 2.05) is 4.90 Å². The highest BCUT2D eigenvalue weighted by atomic mass is 16.5. The van der Waals surface area contributed by atoms with Gasteiger partial charge in [0.05, 0.1) is 0 Å². The van der Waals surface area contributed by atoms with Crippen molar-refractivity contribution in [2.24, 2.45) is 0 Å². The largest absolute Gasteiger partial charge is 0.375 e. The maximum absolute atomic E-state index is 11.8. The third-order valence-corrected chi connectivity index (χ3v) is 4.18. The average Bonchev–Trinajstić information content (AvgIpc) is 2.92. The first-order valence-corrected chi connectivity index (χ1v) is 7.12. The number of nitrogens with zero attached hydrogens (tertiary/aromatic N) is 1. The summed E-state index contributed by atoms with van der Waals surface area (Å²) in [5.74, 6) is 0.641. The molecule has 0 aliphatic carbocycles. The second-order valence-electron chi connectivity index (χ2n) is 5.38. The van der Waals surface area contributed by atoms with Crippen LogP contribution in [0.5, 0.6) is 0 Å². The molecule has 1 fully saturated rings. The molecule has 1 aliphatic rings. The van der Waals surface area contributed by atoms with Crippen LogP contribution in [0.3, 0.4) is 0 Å². The minimum absolute atomic E-state index is 0.102. The Morgan fingerprint density at radius 3 is 2.85 bits per heavy atom. The van der Waals surface area contributed by atoms with Gasteiger partial charge in [0.15, 0.2) is 0 Å². The SMILES string of the molecule is COCC(=O)N1CCC(c2c[nH]c3ccccc23)CC1. The van der Waals surface area contributed by atoms with Gasteiger partial charge in [-0.25, -0.2) is 0 Å². The lowest BCUT2D eigenvalue weighted by atomic mass is 9.89. The minimum Gasteiger partial charge on any atom is -0.375 e. The van der Waals surface area contributed by atoms with E-state index in [0.29, 0.717) is 5.92 Å². The number of methoxy groups -OCH3 is 1. The molecule has 0 atom stereocenters. The van der Waals surface area contributed by atoms with Gasteiger partial charge in [-0.2, -0.15) is 0 Å². The van der Waals surface area contributed by atoms with Crippen molar-refractivity contribution in [3.8, 4) is 0 Å². The van der Waals surface area contributed by atoms with Crippen LogP contribution in [0.1, 0.15) is 24.3 Å². The number of carbonyl (C=O) groups excluding carboxylic acids is 1. The number of rotatable bonds is 3. The summed E-state index contributed by atoms with van der Waals surface area (Å²) in [5.41, 5.74) is 2.58. The van der Waals surface area contributed by atoms with E-state index >= 15 is 0 Å². The van der Waals surface area contributed by atoms with Crippen LogP contribution in [0.15, 0.2) is 30.5 Å². The lowest BCUT2D eigenvalue weighted by Gasteiger charge is -2.31. The standard InChI is InChI=1S/C16H20N2O2/c1-20-11-16(19)18-8-6-12(7-9-18)14-10-17-15-5-3-2-4-13(14)15/h2-5,10,12,17H,6-9,11H2,1H3. The van der Waals surface area contributed by atoms with Crippen LogP contribution in [0.4, 0.5) is 0 Å². The van der Waals surface area contributed by atoms with Crippen molar-refractivity contribution < 1.29 is 9.53 Å². The number of amides is 1. The maximum atomic E-state index is 11.8. The number of H-pyrrole nitrogens is 1. The van der Waals surface area contributed by atoms with Crippen LogP contribution in [-0.2, 0) is 9.53 Å². The van der Waals surface area contributed by atoms with Gasteiger partial charge < -0.3 is 14.6 Å². The Balaban J connectivity index is 1.70. The molecule has 0 bridgehead atoms. The molecule has 1 amide bonds. The van der Waals surface area contributed by atoms with Crippen LogP contribution >= 0.6 is 0 Å². The summed E-state index contributed by atoms with van der Waals surface area (Å²) in [5, 5.41) is 1.31. The monoisotopic (exact) mass is 272 g/mol. The van der Waals surface area contributed by atoms with E-state index in [4.69, 9.17) is 4.74 Å². The number of benzene rings is 1. The summed E-state index contributed by atoms with van der Waals surface area (Å²) in [6.45, 7) is 1.84. The average molecular weight is 272 g/mol.